The third kappa shape index (κ3) is 7.00. The second-order valence-corrected chi connectivity index (χ2v) is 8.32. The molecule has 0 radical (unpaired) electrons. The Labute approximate surface area is 162 Å². The van der Waals surface area contributed by atoms with Gasteiger partial charge in [-0.25, -0.2) is 0 Å². The largest absolute Gasteiger partial charge is 0.358 e. The Kier molecular flexibility index (Phi) is 7.66. The highest BCUT2D eigenvalue weighted by Crippen LogP contribution is 2.25. The summed E-state index contributed by atoms with van der Waals surface area (Å²) in [6.45, 7) is 3.94. The molecule has 134 valence electrons. The highest BCUT2D eigenvalue weighted by Gasteiger charge is 2.10. The Balaban J connectivity index is 1.71. The molecule has 0 fully saturated rings. The average molecular weight is 444 g/mol. The highest BCUT2D eigenvalue weighted by molar-refractivity contribution is 9.10. The first-order chi connectivity index (χ1) is 11.9. The lowest BCUT2D eigenvalue weighted by Gasteiger charge is -2.08. The maximum Gasteiger partial charge on any atom is 0.243 e. The van der Waals surface area contributed by atoms with Gasteiger partial charge >= 0.3 is 0 Å². The maximum atomic E-state index is 11.9. The fourth-order valence-corrected chi connectivity index (χ4v) is 3.80. The van der Waals surface area contributed by atoms with E-state index in [9.17, 15) is 9.59 Å². The van der Waals surface area contributed by atoms with Crippen molar-refractivity contribution in [2.45, 2.75) is 24.2 Å². The number of para-hydroxylation sites is 1. The van der Waals surface area contributed by atoms with Crippen molar-refractivity contribution in [3.05, 3.63) is 28.7 Å². The lowest BCUT2D eigenvalue weighted by atomic mass is 10.3. The summed E-state index contributed by atoms with van der Waals surface area (Å²) in [5, 5.41) is 17.2. The molecule has 0 aliphatic carbocycles. The predicted molar refractivity (Wildman–Crippen MR) is 105 cm³/mol. The van der Waals surface area contributed by atoms with Crippen LogP contribution >= 0.6 is 39.0 Å². The van der Waals surface area contributed by atoms with Gasteiger partial charge in [-0.3, -0.25) is 9.59 Å². The molecule has 10 heteroatoms. The molecule has 0 spiro atoms. The van der Waals surface area contributed by atoms with Gasteiger partial charge in [0.15, 0.2) is 4.34 Å². The van der Waals surface area contributed by atoms with E-state index in [1.807, 2.05) is 32.0 Å². The number of anilines is 2. The van der Waals surface area contributed by atoms with Crippen LogP contribution in [-0.4, -0.2) is 40.4 Å². The van der Waals surface area contributed by atoms with Crippen molar-refractivity contribution in [2.75, 3.05) is 22.9 Å². The van der Waals surface area contributed by atoms with E-state index < -0.39 is 0 Å². The molecular weight excluding hydrogens is 426 g/mol. The van der Waals surface area contributed by atoms with Gasteiger partial charge in [0.1, 0.15) is 0 Å². The van der Waals surface area contributed by atoms with Crippen molar-refractivity contribution in [3.8, 4) is 0 Å². The van der Waals surface area contributed by atoms with E-state index in [0.717, 1.165) is 9.60 Å². The Morgan fingerprint density at radius 3 is 2.72 bits per heavy atom. The zero-order chi connectivity index (χ0) is 18.2. The SMILES string of the molecule is CC(C)Nc1nnc(SCC(=O)NCC(=O)Nc2ccccc2Br)s1. The smallest absolute Gasteiger partial charge is 0.243 e. The lowest BCUT2D eigenvalue weighted by Crippen LogP contribution is -2.33. The van der Waals surface area contributed by atoms with Crippen LogP contribution in [0.3, 0.4) is 0 Å². The summed E-state index contributed by atoms with van der Waals surface area (Å²) in [4.78, 5) is 23.7. The molecule has 0 aliphatic rings. The fourth-order valence-electron chi connectivity index (χ4n) is 1.69. The van der Waals surface area contributed by atoms with E-state index in [2.05, 4.69) is 42.1 Å². The third-order valence-corrected chi connectivity index (χ3v) is 5.42. The topological polar surface area (TPSA) is 96.0 Å². The highest BCUT2D eigenvalue weighted by atomic mass is 79.9. The molecule has 0 unspecified atom stereocenters. The third-order valence-electron chi connectivity index (χ3n) is 2.74. The van der Waals surface area contributed by atoms with Gasteiger partial charge < -0.3 is 16.0 Å². The number of carbonyl (C=O) groups is 2. The number of nitrogens with zero attached hydrogens (tertiary/aromatic N) is 2. The maximum absolute atomic E-state index is 11.9. The molecule has 2 amide bonds. The summed E-state index contributed by atoms with van der Waals surface area (Å²) in [5.41, 5.74) is 0.662. The van der Waals surface area contributed by atoms with E-state index >= 15 is 0 Å². The lowest BCUT2D eigenvalue weighted by molar-refractivity contribution is -0.122. The number of hydrogen-bond acceptors (Lipinski definition) is 7. The molecule has 0 aliphatic heterocycles. The van der Waals surface area contributed by atoms with Crippen LogP contribution in [0.5, 0.6) is 0 Å². The van der Waals surface area contributed by atoms with Crippen LogP contribution in [0.2, 0.25) is 0 Å². The zero-order valence-corrected chi connectivity index (χ0v) is 16.9. The number of rotatable bonds is 8. The van der Waals surface area contributed by atoms with Crippen molar-refractivity contribution in [3.63, 3.8) is 0 Å². The number of hydrogen-bond donors (Lipinski definition) is 3. The van der Waals surface area contributed by atoms with Gasteiger partial charge in [0, 0.05) is 10.5 Å². The Morgan fingerprint density at radius 2 is 2.00 bits per heavy atom. The molecular formula is C15H18BrN5O2S2. The molecule has 1 heterocycles. The summed E-state index contributed by atoms with van der Waals surface area (Å²) in [7, 11) is 0. The quantitative estimate of drug-likeness (QED) is 0.542. The van der Waals surface area contributed by atoms with E-state index in [0.29, 0.717) is 10.0 Å². The zero-order valence-electron chi connectivity index (χ0n) is 13.7. The van der Waals surface area contributed by atoms with Crippen LogP contribution in [0, 0.1) is 0 Å². The molecule has 0 bridgehead atoms. The summed E-state index contributed by atoms with van der Waals surface area (Å²) >= 11 is 6.03. The fraction of sp³-hybridized carbons (Fsp3) is 0.333. The van der Waals surface area contributed by atoms with Gasteiger partial charge in [0.25, 0.3) is 0 Å². The molecule has 2 aromatic rings. The first-order valence-corrected chi connectivity index (χ1v) is 10.1. The second-order valence-electron chi connectivity index (χ2n) is 5.27. The van der Waals surface area contributed by atoms with Crippen molar-refractivity contribution in [2.24, 2.45) is 0 Å². The van der Waals surface area contributed by atoms with E-state index in [-0.39, 0.29) is 30.2 Å². The Hall–Kier alpha value is -1.65. The van der Waals surface area contributed by atoms with Gasteiger partial charge in [0.05, 0.1) is 18.0 Å². The molecule has 0 atom stereocenters. The van der Waals surface area contributed by atoms with Crippen molar-refractivity contribution in [1.82, 2.24) is 15.5 Å². The number of nitrogens with one attached hydrogen (secondary N) is 3. The average Bonchev–Trinajstić information content (AvgIpc) is 3.00. The van der Waals surface area contributed by atoms with Crippen LogP contribution in [0.4, 0.5) is 10.8 Å². The van der Waals surface area contributed by atoms with Crippen molar-refractivity contribution >= 4 is 61.7 Å². The minimum Gasteiger partial charge on any atom is -0.358 e. The van der Waals surface area contributed by atoms with Gasteiger partial charge in [-0.1, -0.05) is 35.2 Å². The molecule has 25 heavy (non-hydrogen) atoms. The van der Waals surface area contributed by atoms with Crippen LogP contribution in [-0.2, 0) is 9.59 Å². The molecule has 0 saturated carbocycles. The monoisotopic (exact) mass is 443 g/mol. The molecule has 1 aromatic heterocycles. The van der Waals surface area contributed by atoms with E-state index in [4.69, 9.17) is 0 Å². The first-order valence-electron chi connectivity index (χ1n) is 7.48. The summed E-state index contributed by atoms with van der Waals surface area (Å²) in [5.74, 6) is -0.344. The number of benzene rings is 1. The van der Waals surface area contributed by atoms with Gasteiger partial charge in [-0.15, -0.1) is 10.2 Å². The van der Waals surface area contributed by atoms with Crippen LogP contribution in [0.1, 0.15) is 13.8 Å². The van der Waals surface area contributed by atoms with Crippen LogP contribution < -0.4 is 16.0 Å². The predicted octanol–water partition coefficient (Wildman–Crippen LogP) is 2.97. The molecule has 2 rings (SSSR count). The number of thioether (sulfide) groups is 1. The van der Waals surface area contributed by atoms with Crippen molar-refractivity contribution < 1.29 is 9.59 Å². The molecule has 7 nitrogen and oxygen atoms in total. The van der Waals surface area contributed by atoms with Gasteiger partial charge in [-0.05, 0) is 41.9 Å². The number of carbonyl (C=O) groups excluding carboxylic acids is 2. The Morgan fingerprint density at radius 1 is 1.24 bits per heavy atom. The minimum atomic E-state index is -0.287. The van der Waals surface area contributed by atoms with Crippen LogP contribution in [0.15, 0.2) is 33.1 Å². The number of aromatic nitrogens is 2. The minimum absolute atomic E-state index is 0.0863. The van der Waals surface area contributed by atoms with E-state index in [1.165, 1.54) is 23.1 Å². The number of halogens is 1. The summed E-state index contributed by atoms with van der Waals surface area (Å²) in [6.07, 6.45) is 0. The van der Waals surface area contributed by atoms with Crippen LogP contribution in [0.25, 0.3) is 0 Å². The molecule has 0 saturated heterocycles. The van der Waals surface area contributed by atoms with E-state index in [1.54, 1.807) is 6.07 Å². The van der Waals surface area contributed by atoms with Gasteiger partial charge in [0.2, 0.25) is 16.9 Å². The normalized spacial score (nSPS) is 10.6. The summed E-state index contributed by atoms with van der Waals surface area (Å²) in [6, 6.07) is 7.55. The first kappa shape index (κ1) is 19.7. The molecule has 1 aromatic carbocycles. The second kappa shape index (κ2) is 9.73. The number of amides is 2. The Bertz CT molecular complexity index is 738. The van der Waals surface area contributed by atoms with Crippen molar-refractivity contribution in [1.29, 1.82) is 0 Å². The molecule has 3 N–H and O–H groups in total. The van der Waals surface area contributed by atoms with Gasteiger partial charge in [-0.2, -0.15) is 0 Å². The summed E-state index contributed by atoms with van der Waals surface area (Å²) < 4.78 is 1.49. The standard InChI is InChI=1S/C15H18BrN5O2S2/c1-9(2)18-14-20-21-15(25-14)24-8-13(23)17-7-12(22)19-11-6-4-3-5-10(11)16/h3-6,9H,7-8H2,1-2H3,(H,17,23)(H,18,20)(H,19,22).